The lowest BCUT2D eigenvalue weighted by Crippen LogP contribution is -2.15. The van der Waals surface area contributed by atoms with Gasteiger partial charge in [0.1, 0.15) is 0 Å². The van der Waals surface area contributed by atoms with E-state index in [2.05, 4.69) is 16.9 Å². The van der Waals surface area contributed by atoms with Crippen molar-refractivity contribution in [2.75, 3.05) is 11.9 Å². The van der Waals surface area contributed by atoms with E-state index in [9.17, 15) is 9.18 Å². The highest BCUT2D eigenvalue weighted by molar-refractivity contribution is 7.16. The Hall–Kier alpha value is -2.73. The van der Waals surface area contributed by atoms with Gasteiger partial charge < -0.3 is 10.1 Å². The topological polar surface area (TPSA) is 51.2 Å². The molecule has 3 rings (SSSR count). The van der Waals surface area contributed by atoms with Gasteiger partial charge in [-0.3, -0.25) is 4.79 Å². The van der Waals surface area contributed by atoms with Gasteiger partial charge in [0, 0.05) is 11.3 Å². The van der Waals surface area contributed by atoms with Crippen molar-refractivity contribution in [3.8, 4) is 5.75 Å². The SMILES string of the molecule is C=CCCCCCCOc1cccc(CC(=O)Nc2ccc3ncsc3c2)c1F. The number of carbonyl (C=O) groups excluding carboxylic acids is 1. The van der Waals surface area contributed by atoms with Gasteiger partial charge >= 0.3 is 0 Å². The predicted octanol–water partition coefficient (Wildman–Crippen LogP) is 6.13. The fourth-order valence-electron chi connectivity index (χ4n) is 3.04. The first-order valence-corrected chi connectivity index (χ1v) is 10.7. The van der Waals surface area contributed by atoms with Crippen LogP contribution in [0.25, 0.3) is 10.2 Å². The molecule has 1 N–H and O–H groups in total. The fourth-order valence-corrected chi connectivity index (χ4v) is 3.76. The molecule has 0 aliphatic heterocycles. The molecular weight excluding hydrogens is 387 g/mol. The van der Waals surface area contributed by atoms with Gasteiger partial charge in [-0.25, -0.2) is 9.37 Å². The van der Waals surface area contributed by atoms with Crippen molar-refractivity contribution in [3.05, 3.63) is 65.9 Å². The zero-order valence-electron chi connectivity index (χ0n) is 16.3. The Balaban J connectivity index is 1.51. The summed E-state index contributed by atoms with van der Waals surface area (Å²) in [5, 5.41) is 2.82. The number of allylic oxidation sites excluding steroid dienone is 1. The van der Waals surface area contributed by atoms with Gasteiger partial charge in [0.2, 0.25) is 5.91 Å². The maximum atomic E-state index is 14.7. The third-order valence-electron chi connectivity index (χ3n) is 4.57. The highest BCUT2D eigenvalue weighted by Gasteiger charge is 2.13. The van der Waals surface area contributed by atoms with Crippen LogP contribution in [0.1, 0.15) is 37.7 Å². The molecule has 1 heterocycles. The summed E-state index contributed by atoms with van der Waals surface area (Å²) in [7, 11) is 0. The molecule has 2 aromatic carbocycles. The largest absolute Gasteiger partial charge is 0.491 e. The maximum Gasteiger partial charge on any atom is 0.228 e. The predicted molar refractivity (Wildman–Crippen MR) is 117 cm³/mol. The zero-order chi connectivity index (χ0) is 20.5. The van der Waals surface area contributed by atoms with Crippen LogP contribution in [0.15, 0.2) is 54.6 Å². The van der Waals surface area contributed by atoms with Crippen molar-refractivity contribution in [3.63, 3.8) is 0 Å². The number of benzene rings is 2. The molecule has 0 bridgehead atoms. The number of amides is 1. The molecule has 152 valence electrons. The van der Waals surface area contributed by atoms with Crippen LogP contribution in [0.4, 0.5) is 10.1 Å². The van der Waals surface area contributed by atoms with E-state index < -0.39 is 5.82 Å². The number of thiazole rings is 1. The fraction of sp³-hybridized carbons (Fsp3) is 0.304. The normalized spacial score (nSPS) is 10.8. The molecule has 1 aromatic heterocycles. The van der Waals surface area contributed by atoms with Crippen LogP contribution in [-0.2, 0) is 11.2 Å². The number of hydrogen-bond acceptors (Lipinski definition) is 4. The lowest BCUT2D eigenvalue weighted by molar-refractivity contribution is -0.115. The Kier molecular flexibility index (Phi) is 7.76. The van der Waals surface area contributed by atoms with Gasteiger partial charge in [0.15, 0.2) is 11.6 Å². The monoisotopic (exact) mass is 412 g/mol. The summed E-state index contributed by atoms with van der Waals surface area (Å²) in [6, 6.07) is 10.5. The number of anilines is 1. The second-order valence-corrected chi connectivity index (χ2v) is 7.72. The second kappa shape index (κ2) is 10.7. The lowest BCUT2D eigenvalue weighted by Gasteiger charge is -2.11. The van der Waals surface area contributed by atoms with E-state index in [4.69, 9.17) is 4.74 Å². The van der Waals surface area contributed by atoms with E-state index in [-0.39, 0.29) is 18.1 Å². The lowest BCUT2D eigenvalue weighted by atomic mass is 10.1. The number of aromatic nitrogens is 1. The number of unbranched alkanes of at least 4 members (excludes halogenated alkanes) is 4. The Morgan fingerprint density at radius 2 is 2.07 bits per heavy atom. The standard InChI is InChI=1S/C23H25FN2O2S/c1-2-3-4-5-6-7-13-28-20-10-8-9-17(23(20)24)14-22(27)26-18-11-12-19-21(15-18)29-16-25-19/h2,8-12,15-16H,1,3-7,13-14H2,(H,26,27). The molecule has 3 aromatic rings. The van der Waals surface area contributed by atoms with Crippen LogP contribution in [-0.4, -0.2) is 17.5 Å². The molecule has 4 nitrogen and oxygen atoms in total. The number of hydrogen-bond donors (Lipinski definition) is 1. The first kappa shape index (κ1) is 21.0. The number of nitrogens with one attached hydrogen (secondary N) is 1. The van der Waals surface area contributed by atoms with E-state index in [0.717, 1.165) is 42.3 Å². The van der Waals surface area contributed by atoms with E-state index in [1.54, 1.807) is 29.8 Å². The van der Waals surface area contributed by atoms with Gasteiger partial charge in [0.05, 0.1) is 28.8 Å². The first-order chi connectivity index (χ1) is 14.2. The van der Waals surface area contributed by atoms with E-state index in [1.807, 2.05) is 18.2 Å². The zero-order valence-corrected chi connectivity index (χ0v) is 17.1. The van der Waals surface area contributed by atoms with Crippen molar-refractivity contribution < 1.29 is 13.9 Å². The quantitative estimate of drug-likeness (QED) is 0.304. The number of carbonyl (C=O) groups is 1. The summed E-state index contributed by atoms with van der Waals surface area (Å²) in [6.07, 6.45) is 7.06. The second-order valence-electron chi connectivity index (χ2n) is 6.83. The number of ether oxygens (including phenoxy) is 1. The molecule has 0 aliphatic carbocycles. The smallest absolute Gasteiger partial charge is 0.228 e. The Morgan fingerprint density at radius 3 is 2.93 bits per heavy atom. The van der Waals surface area contributed by atoms with Crippen molar-refractivity contribution >= 4 is 33.1 Å². The molecule has 6 heteroatoms. The van der Waals surface area contributed by atoms with Gasteiger partial charge in [-0.1, -0.05) is 31.1 Å². The number of halogens is 1. The maximum absolute atomic E-state index is 14.7. The molecule has 0 saturated carbocycles. The Labute approximate surface area is 174 Å². The molecule has 0 fully saturated rings. The Bertz CT molecular complexity index is 970. The highest BCUT2D eigenvalue weighted by atomic mass is 32.1. The first-order valence-electron chi connectivity index (χ1n) is 9.81. The summed E-state index contributed by atoms with van der Waals surface area (Å²) in [5.41, 5.74) is 3.66. The van der Waals surface area contributed by atoms with Gasteiger partial charge in [-0.15, -0.1) is 17.9 Å². The third kappa shape index (κ3) is 6.12. The van der Waals surface area contributed by atoms with Gasteiger partial charge in [-0.05, 0) is 43.5 Å². The minimum Gasteiger partial charge on any atom is -0.491 e. The van der Waals surface area contributed by atoms with E-state index in [1.165, 1.54) is 11.3 Å². The minimum absolute atomic E-state index is 0.0503. The molecule has 29 heavy (non-hydrogen) atoms. The third-order valence-corrected chi connectivity index (χ3v) is 5.36. The van der Waals surface area contributed by atoms with Crippen LogP contribution >= 0.6 is 11.3 Å². The molecule has 0 aliphatic rings. The van der Waals surface area contributed by atoms with Crippen LogP contribution < -0.4 is 10.1 Å². The average molecular weight is 413 g/mol. The van der Waals surface area contributed by atoms with E-state index in [0.29, 0.717) is 17.9 Å². The minimum atomic E-state index is -0.466. The van der Waals surface area contributed by atoms with Gasteiger partial charge in [0.25, 0.3) is 0 Å². The molecule has 0 atom stereocenters. The van der Waals surface area contributed by atoms with Crippen LogP contribution in [0.2, 0.25) is 0 Å². The molecule has 1 amide bonds. The summed E-state index contributed by atoms with van der Waals surface area (Å²) in [4.78, 5) is 16.6. The summed E-state index contributed by atoms with van der Waals surface area (Å²) < 4.78 is 21.3. The summed E-state index contributed by atoms with van der Waals surface area (Å²) in [5.74, 6) is -0.535. The van der Waals surface area contributed by atoms with Crippen LogP contribution in [0.3, 0.4) is 0 Å². The molecule has 0 spiro atoms. The summed E-state index contributed by atoms with van der Waals surface area (Å²) in [6.45, 7) is 4.18. The number of fused-ring (bicyclic) bond motifs is 1. The van der Waals surface area contributed by atoms with Crippen molar-refractivity contribution in [1.82, 2.24) is 4.98 Å². The Morgan fingerprint density at radius 1 is 1.21 bits per heavy atom. The molecule has 0 saturated heterocycles. The van der Waals surface area contributed by atoms with Crippen molar-refractivity contribution in [1.29, 1.82) is 0 Å². The van der Waals surface area contributed by atoms with Crippen LogP contribution in [0.5, 0.6) is 5.75 Å². The van der Waals surface area contributed by atoms with Crippen LogP contribution in [0, 0.1) is 5.82 Å². The molecular formula is C23H25FN2O2S. The molecule has 0 unspecified atom stereocenters. The van der Waals surface area contributed by atoms with Crippen molar-refractivity contribution in [2.24, 2.45) is 0 Å². The highest BCUT2D eigenvalue weighted by Crippen LogP contribution is 2.24. The number of nitrogens with zero attached hydrogens (tertiary/aromatic N) is 1. The van der Waals surface area contributed by atoms with E-state index >= 15 is 0 Å². The number of rotatable bonds is 11. The van der Waals surface area contributed by atoms with Crippen molar-refractivity contribution in [2.45, 2.75) is 38.5 Å². The van der Waals surface area contributed by atoms with Gasteiger partial charge in [-0.2, -0.15) is 0 Å². The average Bonchev–Trinajstić information content (AvgIpc) is 3.17. The summed E-state index contributed by atoms with van der Waals surface area (Å²) >= 11 is 1.51. The molecule has 0 radical (unpaired) electrons.